The highest BCUT2D eigenvalue weighted by Crippen LogP contribution is 2.30. The molecule has 1 aliphatic heterocycles. The first-order valence-corrected chi connectivity index (χ1v) is 8.58. The molecule has 22 heavy (non-hydrogen) atoms. The summed E-state index contributed by atoms with van der Waals surface area (Å²) in [6.45, 7) is 8.11. The summed E-state index contributed by atoms with van der Waals surface area (Å²) in [5.41, 5.74) is 1.28. The lowest BCUT2D eigenvalue weighted by atomic mass is 9.82. The van der Waals surface area contributed by atoms with Crippen molar-refractivity contribution in [3.05, 3.63) is 35.9 Å². The van der Waals surface area contributed by atoms with Crippen LogP contribution in [0.4, 0.5) is 0 Å². The highest BCUT2D eigenvalue weighted by Gasteiger charge is 2.29. The number of hydrogen-bond donors (Lipinski definition) is 1. The summed E-state index contributed by atoms with van der Waals surface area (Å²) < 4.78 is 1.15. The van der Waals surface area contributed by atoms with Crippen LogP contribution in [0.15, 0.2) is 30.3 Å². The van der Waals surface area contributed by atoms with Gasteiger partial charge in [-0.05, 0) is 30.7 Å². The van der Waals surface area contributed by atoms with Crippen LogP contribution in [0, 0.1) is 5.92 Å². The zero-order valence-corrected chi connectivity index (χ0v) is 16.5. The van der Waals surface area contributed by atoms with E-state index >= 15 is 0 Å². The van der Waals surface area contributed by atoms with E-state index in [-0.39, 0.29) is 36.0 Å². The van der Waals surface area contributed by atoms with Crippen molar-refractivity contribution in [1.29, 1.82) is 0 Å². The van der Waals surface area contributed by atoms with Crippen LogP contribution < -0.4 is 24.0 Å². The third-order valence-electron chi connectivity index (χ3n) is 5.18. The van der Waals surface area contributed by atoms with Gasteiger partial charge in [-0.15, -0.1) is 0 Å². The Morgan fingerprint density at radius 3 is 2.18 bits per heavy atom. The predicted octanol–water partition coefficient (Wildman–Crippen LogP) is 0.812. The quantitative estimate of drug-likeness (QED) is 0.537. The Balaban J connectivity index is 0.00000242. The fourth-order valence-electron chi connectivity index (χ4n) is 3.85. The topological polar surface area (TPSA) is 20.2 Å². The molecule has 1 aromatic rings. The molecule has 126 valence electrons. The van der Waals surface area contributed by atoms with E-state index in [0.29, 0.717) is 5.92 Å². The summed E-state index contributed by atoms with van der Waals surface area (Å²) in [4.78, 5) is 0. The molecule has 0 aliphatic carbocycles. The maximum absolute atomic E-state index is 10.8. The lowest BCUT2D eigenvalue weighted by molar-refractivity contribution is -0.914. The number of rotatable bonds is 6. The van der Waals surface area contributed by atoms with Crippen LogP contribution in [0.1, 0.15) is 51.0 Å². The SMILES string of the molecule is CC(C)C(c1ccccc1)C(O)CC[N+]1(C)CCCCC1.[I-]. The summed E-state index contributed by atoms with van der Waals surface area (Å²) in [6.07, 6.45) is 4.75. The third kappa shape index (κ3) is 5.50. The van der Waals surface area contributed by atoms with Gasteiger partial charge in [0.25, 0.3) is 0 Å². The van der Waals surface area contributed by atoms with Gasteiger partial charge < -0.3 is 33.6 Å². The molecule has 1 heterocycles. The second kappa shape index (κ2) is 9.24. The van der Waals surface area contributed by atoms with E-state index in [9.17, 15) is 5.11 Å². The van der Waals surface area contributed by atoms with Gasteiger partial charge in [0.15, 0.2) is 0 Å². The van der Waals surface area contributed by atoms with Crippen molar-refractivity contribution in [1.82, 2.24) is 0 Å². The first-order chi connectivity index (χ1) is 10.0. The molecule has 2 atom stereocenters. The number of likely N-dealkylation sites (tertiary alicyclic amines) is 1. The monoisotopic (exact) mass is 417 g/mol. The fourth-order valence-corrected chi connectivity index (χ4v) is 3.85. The Kier molecular flexibility index (Phi) is 8.36. The predicted molar refractivity (Wildman–Crippen MR) is 89.3 cm³/mol. The first kappa shape index (κ1) is 19.9. The van der Waals surface area contributed by atoms with Crippen LogP contribution in [-0.2, 0) is 0 Å². The van der Waals surface area contributed by atoms with Gasteiger partial charge in [0.05, 0.1) is 32.8 Å². The van der Waals surface area contributed by atoms with Gasteiger partial charge in [-0.3, -0.25) is 0 Å². The van der Waals surface area contributed by atoms with Crippen LogP contribution in [0.5, 0.6) is 0 Å². The first-order valence-electron chi connectivity index (χ1n) is 8.58. The van der Waals surface area contributed by atoms with Gasteiger partial charge in [0, 0.05) is 12.3 Å². The zero-order chi connectivity index (χ0) is 15.3. The van der Waals surface area contributed by atoms with Crippen LogP contribution in [-0.4, -0.2) is 42.4 Å². The Labute approximate surface area is 153 Å². The van der Waals surface area contributed by atoms with Gasteiger partial charge in [-0.1, -0.05) is 44.2 Å². The van der Waals surface area contributed by atoms with E-state index in [0.717, 1.165) is 17.4 Å². The third-order valence-corrected chi connectivity index (χ3v) is 5.18. The molecule has 2 rings (SSSR count). The number of halogens is 1. The number of piperidine rings is 1. The molecule has 1 N–H and O–H groups in total. The number of quaternary nitrogens is 1. The second-order valence-electron chi connectivity index (χ2n) is 7.39. The van der Waals surface area contributed by atoms with Crippen molar-refractivity contribution >= 4 is 0 Å². The fraction of sp³-hybridized carbons (Fsp3) is 0.684. The summed E-state index contributed by atoms with van der Waals surface area (Å²) in [5.74, 6) is 0.719. The molecule has 0 saturated carbocycles. The maximum Gasteiger partial charge on any atom is 0.0809 e. The van der Waals surface area contributed by atoms with Crippen molar-refractivity contribution in [2.45, 2.75) is 51.6 Å². The van der Waals surface area contributed by atoms with E-state index in [4.69, 9.17) is 0 Å². The van der Waals surface area contributed by atoms with Gasteiger partial charge in [0.1, 0.15) is 0 Å². The van der Waals surface area contributed by atoms with Crippen molar-refractivity contribution in [2.24, 2.45) is 5.92 Å². The standard InChI is InChI=1S/C19H32NO.HI/c1-16(2)19(17-10-6-4-7-11-17)18(21)12-15-20(3)13-8-5-9-14-20;/h4,6-7,10-11,16,18-19,21H,5,8-9,12-15H2,1-3H3;1H/q+1;/p-1. The summed E-state index contributed by atoms with van der Waals surface area (Å²) in [6, 6.07) is 10.5. The van der Waals surface area contributed by atoms with Crippen LogP contribution in [0.3, 0.4) is 0 Å². The van der Waals surface area contributed by atoms with Crippen LogP contribution in [0.25, 0.3) is 0 Å². The van der Waals surface area contributed by atoms with E-state index < -0.39 is 0 Å². The van der Waals surface area contributed by atoms with Gasteiger partial charge in [0.2, 0.25) is 0 Å². The highest BCUT2D eigenvalue weighted by atomic mass is 127. The Morgan fingerprint density at radius 2 is 1.64 bits per heavy atom. The molecule has 1 fully saturated rings. The molecule has 1 aliphatic rings. The van der Waals surface area contributed by atoms with E-state index in [2.05, 4.69) is 45.2 Å². The molecule has 1 saturated heterocycles. The number of hydrogen-bond acceptors (Lipinski definition) is 1. The van der Waals surface area contributed by atoms with Gasteiger partial charge in [-0.25, -0.2) is 0 Å². The van der Waals surface area contributed by atoms with Crippen LogP contribution in [0.2, 0.25) is 0 Å². The van der Waals surface area contributed by atoms with E-state index in [1.165, 1.54) is 37.9 Å². The molecule has 2 nitrogen and oxygen atoms in total. The lowest BCUT2D eigenvalue weighted by Gasteiger charge is -2.39. The van der Waals surface area contributed by atoms with Crippen molar-refractivity contribution in [2.75, 3.05) is 26.7 Å². The minimum absolute atomic E-state index is 0. The van der Waals surface area contributed by atoms with Gasteiger partial charge >= 0.3 is 0 Å². The Bertz CT molecular complexity index is 415. The minimum Gasteiger partial charge on any atom is -1.00 e. The molecule has 3 heteroatoms. The molecule has 1 aromatic carbocycles. The smallest absolute Gasteiger partial charge is 0.0809 e. The second-order valence-corrected chi connectivity index (χ2v) is 7.39. The average molecular weight is 417 g/mol. The van der Waals surface area contributed by atoms with Crippen molar-refractivity contribution in [3.8, 4) is 0 Å². The van der Waals surface area contributed by atoms with Crippen molar-refractivity contribution in [3.63, 3.8) is 0 Å². The minimum atomic E-state index is -0.232. The number of aliphatic hydroxyl groups is 1. The molecule has 0 amide bonds. The molecular formula is C19H32INO. The molecule has 2 unspecified atom stereocenters. The summed E-state index contributed by atoms with van der Waals surface area (Å²) in [5, 5.41) is 10.8. The number of aliphatic hydroxyl groups excluding tert-OH is 1. The molecule has 0 radical (unpaired) electrons. The largest absolute Gasteiger partial charge is 1.00 e. The Hall–Kier alpha value is -0.130. The molecular weight excluding hydrogens is 385 g/mol. The normalized spacial score (nSPS) is 20.2. The molecule has 0 spiro atoms. The average Bonchev–Trinajstić information content (AvgIpc) is 2.47. The Morgan fingerprint density at radius 1 is 1.05 bits per heavy atom. The van der Waals surface area contributed by atoms with Crippen molar-refractivity contribution < 1.29 is 33.6 Å². The van der Waals surface area contributed by atoms with E-state index in [1.807, 2.05) is 6.07 Å². The molecule has 0 aromatic heterocycles. The number of nitrogens with zero attached hydrogens (tertiary/aromatic N) is 1. The van der Waals surface area contributed by atoms with E-state index in [1.54, 1.807) is 0 Å². The molecule has 0 bridgehead atoms. The summed E-state index contributed by atoms with van der Waals surface area (Å²) in [7, 11) is 2.36. The van der Waals surface area contributed by atoms with Gasteiger partial charge in [-0.2, -0.15) is 0 Å². The number of benzene rings is 1. The summed E-state index contributed by atoms with van der Waals surface area (Å²) >= 11 is 0. The zero-order valence-electron chi connectivity index (χ0n) is 14.3. The maximum atomic E-state index is 10.8. The van der Waals surface area contributed by atoms with Crippen LogP contribution >= 0.6 is 0 Å². The lowest BCUT2D eigenvalue weighted by Crippen LogP contribution is -3.00. The highest BCUT2D eigenvalue weighted by molar-refractivity contribution is 5.21.